The summed E-state index contributed by atoms with van der Waals surface area (Å²) >= 11 is 0. The van der Waals surface area contributed by atoms with Crippen LogP contribution in [0.2, 0.25) is 0 Å². The molecule has 0 atom stereocenters. The van der Waals surface area contributed by atoms with Gasteiger partial charge in [0.15, 0.2) is 17.3 Å². The molecule has 0 aliphatic carbocycles. The summed E-state index contributed by atoms with van der Waals surface area (Å²) in [5.74, 6) is 0.0791. The van der Waals surface area contributed by atoms with Crippen LogP contribution in [-0.2, 0) is 4.74 Å². The van der Waals surface area contributed by atoms with Gasteiger partial charge < -0.3 is 24.1 Å². The molecular formula is C13H18O6. The fourth-order valence-electron chi connectivity index (χ4n) is 1.70. The highest BCUT2D eigenvalue weighted by Crippen LogP contribution is 2.45. The predicted molar refractivity (Wildman–Crippen MR) is 68.6 cm³/mol. The molecule has 6 heteroatoms. The molecule has 1 N–H and O–H groups in total. The molecule has 1 aromatic rings. The van der Waals surface area contributed by atoms with Crippen LogP contribution in [-0.4, -0.2) is 45.4 Å². The molecule has 0 aromatic heterocycles. The van der Waals surface area contributed by atoms with Crippen molar-refractivity contribution in [1.29, 1.82) is 0 Å². The first-order valence-corrected chi connectivity index (χ1v) is 5.73. The van der Waals surface area contributed by atoms with Gasteiger partial charge >= 0.3 is 0 Å². The number of phenolic OH excluding ortho intramolecular Hbond substituents is 1. The van der Waals surface area contributed by atoms with Gasteiger partial charge in [0, 0.05) is 13.2 Å². The number of phenols is 1. The van der Waals surface area contributed by atoms with Crippen LogP contribution in [0.3, 0.4) is 0 Å². The zero-order valence-corrected chi connectivity index (χ0v) is 11.5. The van der Waals surface area contributed by atoms with E-state index in [1.165, 1.54) is 27.4 Å². The lowest BCUT2D eigenvalue weighted by atomic mass is 10.1. The van der Waals surface area contributed by atoms with Crippen LogP contribution < -0.4 is 14.2 Å². The molecule has 1 aromatic carbocycles. The highest BCUT2D eigenvalue weighted by Gasteiger charge is 2.25. The molecule has 0 spiro atoms. The van der Waals surface area contributed by atoms with Gasteiger partial charge in [-0.2, -0.15) is 0 Å². The molecule has 19 heavy (non-hydrogen) atoms. The smallest absolute Gasteiger partial charge is 0.204 e. The van der Waals surface area contributed by atoms with Crippen molar-refractivity contribution >= 4 is 5.78 Å². The van der Waals surface area contributed by atoms with Crippen molar-refractivity contribution in [3.8, 4) is 23.0 Å². The van der Waals surface area contributed by atoms with Gasteiger partial charge in [-0.25, -0.2) is 0 Å². The van der Waals surface area contributed by atoms with E-state index in [1.807, 2.05) is 0 Å². The first-order chi connectivity index (χ1) is 9.10. The number of aromatic hydroxyl groups is 1. The van der Waals surface area contributed by atoms with E-state index in [9.17, 15) is 9.90 Å². The second-order valence-electron chi connectivity index (χ2n) is 3.62. The Balaban J connectivity index is 3.46. The summed E-state index contributed by atoms with van der Waals surface area (Å²) in [4.78, 5) is 12.0. The van der Waals surface area contributed by atoms with Gasteiger partial charge in [0.05, 0.1) is 20.8 Å². The Morgan fingerprint density at radius 1 is 1.21 bits per heavy atom. The average Bonchev–Trinajstić information content (AvgIpc) is 2.38. The zero-order chi connectivity index (χ0) is 14.4. The van der Waals surface area contributed by atoms with Crippen LogP contribution in [0, 0.1) is 0 Å². The van der Waals surface area contributed by atoms with Gasteiger partial charge in [0.1, 0.15) is 17.9 Å². The average molecular weight is 270 g/mol. The normalized spacial score (nSPS) is 10.1. The minimum absolute atomic E-state index is 0.0290. The first-order valence-electron chi connectivity index (χ1n) is 5.73. The molecule has 0 saturated carbocycles. The van der Waals surface area contributed by atoms with E-state index in [0.717, 1.165) is 0 Å². The Kier molecular flexibility index (Phi) is 5.44. The number of hydrogen-bond acceptors (Lipinski definition) is 6. The molecule has 6 nitrogen and oxygen atoms in total. The van der Waals surface area contributed by atoms with E-state index < -0.39 is 5.78 Å². The summed E-state index contributed by atoms with van der Waals surface area (Å²) < 4.78 is 20.5. The summed E-state index contributed by atoms with van der Waals surface area (Å²) in [6, 6.07) is 1.31. The minimum Gasteiger partial charge on any atom is -0.507 e. The van der Waals surface area contributed by atoms with Crippen molar-refractivity contribution in [2.75, 3.05) is 34.5 Å². The molecule has 0 radical (unpaired) electrons. The SMILES string of the molecule is CCOc1c(OC)c(OC)cc(O)c1C(=O)COC. The summed E-state index contributed by atoms with van der Waals surface area (Å²) in [6.07, 6.45) is 0. The number of hydrogen-bond donors (Lipinski definition) is 1. The predicted octanol–water partition coefficient (Wildman–Crippen LogP) is 1.64. The molecule has 1 rings (SSSR count). The lowest BCUT2D eigenvalue weighted by molar-refractivity contribution is 0.0840. The van der Waals surface area contributed by atoms with Gasteiger partial charge in [0.25, 0.3) is 0 Å². The van der Waals surface area contributed by atoms with Crippen LogP contribution in [0.4, 0.5) is 0 Å². The minimum atomic E-state index is -0.399. The van der Waals surface area contributed by atoms with Gasteiger partial charge in [-0.15, -0.1) is 0 Å². The van der Waals surface area contributed by atoms with E-state index in [-0.39, 0.29) is 35.2 Å². The number of ether oxygens (including phenoxy) is 4. The van der Waals surface area contributed by atoms with Crippen molar-refractivity contribution in [1.82, 2.24) is 0 Å². The molecule has 0 heterocycles. The Morgan fingerprint density at radius 2 is 1.89 bits per heavy atom. The van der Waals surface area contributed by atoms with Crippen LogP contribution in [0.5, 0.6) is 23.0 Å². The topological polar surface area (TPSA) is 74.2 Å². The van der Waals surface area contributed by atoms with E-state index in [1.54, 1.807) is 6.92 Å². The van der Waals surface area contributed by atoms with Crippen molar-refractivity contribution in [3.63, 3.8) is 0 Å². The first kappa shape index (κ1) is 15.1. The zero-order valence-electron chi connectivity index (χ0n) is 11.5. The fourth-order valence-corrected chi connectivity index (χ4v) is 1.70. The van der Waals surface area contributed by atoms with Gasteiger partial charge in [-0.1, -0.05) is 0 Å². The third kappa shape index (κ3) is 3.08. The highest BCUT2D eigenvalue weighted by molar-refractivity contribution is 6.03. The standard InChI is InChI=1S/C13H18O6/c1-5-19-13-11(9(15)7-16-2)8(14)6-10(17-3)12(13)18-4/h6,14H,5,7H2,1-4H3. The number of carbonyl (C=O) groups excluding carboxylic acids is 1. The maximum atomic E-state index is 12.0. The van der Waals surface area contributed by atoms with Crippen molar-refractivity contribution in [2.24, 2.45) is 0 Å². The molecule has 0 unspecified atom stereocenters. The van der Waals surface area contributed by atoms with Crippen molar-refractivity contribution in [3.05, 3.63) is 11.6 Å². The molecule has 106 valence electrons. The third-order valence-electron chi connectivity index (χ3n) is 2.45. The van der Waals surface area contributed by atoms with Gasteiger partial charge in [0.2, 0.25) is 5.75 Å². The van der Waals surface area contributed by atoms with Crippen LogP contribution in [0.15, 0.2) is 6.07 Å². The summed E-state index contributed by atoms with van der Waals surface area (Å²) in [5.41, 5.74) is 0.0290. The molecule has 0 aliphatic rings. The summed E-state index contributed by atoms with van der Waals surface area (Å²) in [7, 11) is 4.27. The number of Topliss-reactive ketones (excluding diaryl/α,β-unsaturated/α-hetero) is 1. The van der Waals surface area contributed by atoms with E-state index in [2.05, 4.69) is 0 Å². The maximum absolute atomic E-state index is 12.0. The van der Waals surface area contributed by atoms with E-state index in [4.69, 9.17) is 18.9 Å². The molecule has 0 saturated heterocycles. The molecule has 0 bridgehead atoms. The Labute approximate surface area is 111 Å². The van der Waals surface area contributed by atoms with Crippen LogP contribution in [0.1, 0.15) is 17.3 Å². The second-order valence-corrected chi connectivity index (χ2v) is 3.62. The number of methoxy groups -OCH3 is 3. The third-order valence-corrected chi connectivity index (χ3v) is 2.45. The quantitative estimate of drug-likeness (QED) is 0.759. The monoisotopic (exact) mass is 270 g/mol. The van der Waals surface area contributed by atoms with Crippen LogP contribution >= 0.6 is 0 Å². The van der Waals surface area contributed by atoms with Gasteiger partial charge in [-0.05, 0) is 6.92 Å². The Bertz CT molecular complexity index is 455. The van der Waals surface area contributed by atoms with Crippen molar-refractivity contribution < 1.29 is 28.8 Å². The lowest BCUT2D eigenvalue weighted by Gasteiger charge is -2.17. The largest absolute Gasteiger partial charge is 0.507 e. The number of carbonyl (C=O) groups is 1. The summed E-state index contributed by atoms with van der Waals surface area (Å²) in [6.45, 7) is 1.92. The lowest BCUT2D eigenvalue weighted by Crippen LogP contribution is -2.11. The number of ketones is 1. The molecule has 0 aliphatic heterocycles. The molecular weight excluding hydrogens is 252 g/mol. The fraction of sp³-hybridized carbons (Fsp3) is 0.462. The van der Waals surface area contributed by atoms with Crippen molar-refractivity contribution in [2.45, 2.75) is 6.92 Å². The second kappa shape index (κ2) is 6.84. The Morgan fingerprint density at radius 3 is 2.37 bits per heavy atom. The Hall–Kier alpha value is -1.95. The van der Waals surface area contributed by atoms with Crippen LogP contribution in [0.25, 0.3) is 0 Å². The number of rotatable bonds is 7. The number of benzene rings is 1. The summed E-state index contributed by atoms with van der Waals surface area (Å²) in [5, 5.41) is 9.95. The van der Waals surface area contributed by atoms with Gasteiger partial charge in [-0.3, -0.25) is 4.79 Å². The van der Waals surface area contributed by atoms with E-state index >= 15 is 0 Å². The molecule has 0 amide bonds. The highest BCUT2D eigenvalue weighted by atomic mass is 16.5. The van der Waals surface area contributed by atoms with E-state index in [0.29, 0.717) is 6.61 Å². The maximum Gasteiger partial charge on any atom is 0.204 e. The molecule has 0 fully saturated rings.